The summed E-state index contributed by atoms with van der Waals surface area (Å²) in [6.45, 7) is 0. The van der Waals surface area contributed by atoms with E-state index in [1.54, 1.807) is 48.5 Å². The van der Waals surface area contributed by atoms with Gasteiger partial charge in [-0.15, -0.1) is 12.4 Å². The minimum Gasteiger partial charge on any atom is -0.481 e. The van der Waals surface area contributed by atoms with Crippen LogP contribution in [-0.2, 0) is 11.2 Å². The van der Waals surface area contributed by atoms with Crippen molar-refractivity contribution in [3.05, 3.63) is 82.6 Å². The summed E-state index contributed by atoms with van der Waals surface area (Å²) in [6, 6.07) is 16.8. The van der Waals surface area contributed by atoms with Crippen molar-refractivity contribution in [1.82, 2.24) is 0 Å². The number of fused-ring (bicyclic) bond motifs is 1. The first kappa shape index (κ1) is 22.1. The summed E-state index contributed by atoms with van der Waals surface area (Å²) in [5.74, 6) is -1.33. The zero-order chi connectivity index (χ0) is 20.5. The summed E-state index contributed by atoms with van der Waals surface area (Å²) in [5, 5.41) is 9.64. The Morgan fingerprint density at radius 2 is 1.83 bits per heavy atom. The molecule has 30 heavy (non-hydrogen) atoms. The van der Waals surface area contributed by atoms with Gasteiger partial charge in [0.2, 0.25) is 0 Å². The predicted molar refractivity (Wildman–Crippen MR) is 117 cm³/mol. The molecular weight excluding hydrogens is 428 g/mol. The second kappa shape index (κ2) is 9.04. The number of hydrogen-bond acceptors (Lipinski definition) is 3. The molecule has 2 unspecified atom stereocenters. The van der Waals surface area contributed by atoms with Crippen LogP contribution in [0.5, 0.6) is 11.5 Å². The van der Waals surface area contributed by atoms with E-state index in [2.05, 4.69) is 0 Å². The number of halogens is 3. The molecule has 0 fully saturated rings. The van der Waals surface area contributed by atoms with E-state index in [9.17, 15) is 14.3 Å². The standard InChI is InChI=1S/C23H19ClFNO3.ClH/c24-18-6-3-5-16(22(18)25)15-4-1-2-7-20(15)29-14-10-8-13-9-11-19(26)21(23(27)28)17(13)12-14;/h1-8,10,12,19,21H,9,11,26H2,(H,27,28);1H. The summed E-state index contributed by atoms with van der Waals surface area (Å²) in [7, 11) is 0. The molecule has 3 aromatic carbocycles. The van der Waals surface area contributed by atoms with Crippen molar-refractivity contribution >= 4 is 30.0 Å². The first-order valence-corrected chi connectivity index (χ1v) is 9.66. The number of carboxylic acids is 1. The highest BCUT2D eigenvalue weighted by molar-refractivity contribution is 6.31. The van der Waals surface area contributed by atoms with Gasteiger partial charge in [0.15, 0.2) is 0 Å². The second-order valence-corrected chi connectivity index (χ2v) is 7.49. The first-order chi connectivity index (χ1) is 14.0. The van der Waals surface area contributed by atoms with E-state index in [4.69, 9.17) is 22.1 Å². The van der Waals surface area contributed by atoms with Crippen molar-refractivity contribution in [2.75, 3.05) is 0 Å². The summed E-state index contributed by atoms with van der Waals surface area (Å²) >= 11 is 5.93. The van der Waals surface area contributed by atoms with Crippen LogP contribution in [0.25, 0.3) is 11.1 Å². The van der Waals surface area contributed by atoms with Gasteiger partial charge in [0, 0.05) is 17.2 Å². The molecule has 0 aliphatic heterocycles. The van der Waals surface area contributed by atoms with Gasteiger partial charge in [-0.05, 0) is 48.2 Å². The molecular formula is C23H20Cl2FNO3. The molecule has 0 heterocycles. The van der Waals surface area contributed by atoms with Crippen LogP contribution in [0, 0.1) is 5.82 Å². The van der Waals surface area contributed by atoms with Gasteiger partial charge in [-0.1, -0.05) is 48.0 Å². The third-order valence-electron chi connectivity index (χ3n) is 5.25. The lowest BCUT2D eigenvalue weighted by molar-refractivity contribution is -0.139. The minimum absolute atomic E-state index is 0. The van der Waals surface area contributed by atoms with E-state index >= 15 is 0 Å². The highest BCUT2D eigenvalue weighted by Gasteiger charge is 2.33. The molecule has 1 aliphatic carbocycles. The predicted octanol–water partition coefficient (Wildman–Crippen LogP) is 5.80. The first-order valence-electron chi connectivity index (χ1n) is 9.28. The van der Waals surface area contributed by atoms with E-state index < -0.39 is 23.7 Å². The van der Waals surface area contributed by atoms with Gasteiger partial charge in [0.25, 0.3) is 0 Å². The lowest BCUT2D eigenvalue weighted by atomic mass is 9.79. The van der Waals surface area contributed by atoms with Gasteiger partial charge in [0.05, 0.1) is 10.9 Å². The number of hydrogen-bond donors (Lipinski definition) is 2. The van der Waals surface area contributed by atoms with Gasteiger partial charge < -0.3 is 15.6 Å². The van der Waals surface area contributed by atoms with E-state index in [0.29, 0.717) is 34.6 Å². The highest BCUT2D eigenvalue weighted by atomic mass is 35.5. The van der Waals surface area contributed by atoms with E-state index in [0.717, 1.165) is 12.0 Å². The number of nitrogens with two attached hydrogens (primary N) is 1. The molecule has 0 bridgehead atoms. The van der Waals surface area contributed by atoms with Crippen molar-refractivity contribution in [3.63, 3.8) is 0 Å². The monoisotopic (exact) mass is 447 g/mol. The molecule has 0 amide bonds. The average molecular weight is 448 g/mol. The van der Waals surface area contributed by atoms with Gasteiger partial charge in [-0.2, -0.15) is 0 Å². The summed E-state index contributed by atoms with van der Waals surface area (Å²) in [4.78, 5) is 11.7. The zero-order valence-electron chi connectivity index (χ0n) is 15.8. The number of carboxylic acid groups (broad SMARTS) is 1. The van der Waals surface area contributed by atoms with E-state index in [1.165, 1.54) is 6.07 Å². The number of benzene rings is 3. The number of aryl methyl sites for hydroxylation is 1. The van der Waals surface area contributed by atoms with Gasteiger partial charge in [-0.25, -0.2) is 4.39 Å². The van der Waals surface area contributed by atoms with Crippen LogP contribution in [0.15, 0.2) is 60.7 Å². The number of carbonyl (C=O) groups is 1. The molecule has 0 saturated heterocycles. The lowest BCUT2D eigenvalue weighted by Crippen LogP contribution is -2.37. The third kappa shape index (κ3) is 4.15. The van der Waals surface area contributed by atoms with Crippen molar-refractivity contribution in [3.8, 4) is 22.6 Å². The molecule has 2 atom stereocenters. The normalized spacial score (nSPS) is 17.6. The van der Waals surface area contributed by atoms with Crippen LogP contribution in [0.1, 0.15) is 23.5 Å². The van der Waals surface area contributed by atoms with Gasteiger partial charge >= 0.3 is 5.97 Å². The van der Waals surface area contributed by atoms with Crippen molar-refractivity contribution in [2.45, 2.75) is 24.8 Å². The fourth-order valence-electron chi connectivity index (χ4n) is 3.81. The molecule has 0 saturated carbocycles. The maximum absolute atomic E-state index is 14.5. The van der Waals surface area contributed by atoms with Crippen LogP contribution in [0.2, 0.25) is 5.02 Å². The third-order valence-corrected chi connectivity index (χ3v) is 5.54. The van der Waals surface area contributed by atoms with Gasteiger partial charge in [-0.3, -0.25) is 4.79 Å². The SMILES string of the molecule is Cl.NC1CCc2ccc(Oc3ccccc3-c3cccc(Cl)c3F)cc2C1C(=O)O. The van der Waals surface area contributed by atoms with Crippen LogP contribution >= 0.6 is 24.0 Å². The Morgan fingerprint density at radius 1 is 1.10 bits per heavy atom. The van der Waals surface area contributed by atoms with E-state index in [1.807, 2.05) is 6.07 Å². The molecule has 4 rings (SSSR count). The van der Waals surface area contributed by atoms with Crippen LogP contribution in [0.4, 0.5) is 4.39 Å². The summed E-state index contributed by atoms with van der Waals surface area (Å²) in [5.41, 5.74) is 8.56. The Balaban J connectivity index is 0.00000256. The van der Waals surface area contributed by atoms with Crippen molar-refractivity contribution in [2.24, 2.45) is 5.73 Å². The fraction of sp³-hybridized carbons (Fsp3) is 0.174. The minimum atomic E-state index is -0.947. The topological polar surface area (TPSA) is 72.5 Å². The van der Waals surface area contributed by atoms with Crippen molar-refractivity contribution < 1.29 is 19.0 Å². The molecule has 0 spiro atoms. The van der Waals surface area contributed by atoms with Gasteiger partial charge in [0.1, 0.15) is 17.3 Å². The number of para-hydroxylation sites is 1. The Morgan fingerprint density at radius 3 is 2.60 bits per heavy atom. The Labute approximate surface area is 184 Å². The maximum Gasteiger partial charge on any atom is 0.312 e. The molecule has 1 aliphatic rings. The molecule has 3 N–H and O–H groups in total. The number of aliphatic carboxylic acids is 1. The van der Waals surface area contributed by atoms with E-state index in [-0.39, 0.29) is 17.4 Å². The summed E-state index contributed by atoms with van der Waals surface area (Å²) < 4.78 is 20.6. The van der Waals surface area contributed by atoms with Crippen LogP contribution in [0.3, 0.4) is 0 Å². The molecule has 4 nitrogen and oxygen atoms in total. The largest absolute Gasteiger partial charge is 0.481 e. The van der Waals surface area contributed by atoms with Crippen LogP contribution < -0.4 is 10.5 Å². The molecule has 156 valence electrons. The highest BCUT2D eigenvalue weighted by Crippen LogP contribution is 2.39. The summed E-state index contributed by atoms with van der Waals surface area (Å²) in [6.07, 6.45) is 1.35. The average Bonchev–Trinajstić information content (AvgIpc) is 2.70. The molecule has 7 heteroatoms. The molecule has 0 radical (unpaired) electrons. The Bertz CT molecular complexity index is 1090. The smallest absolute Gasteiger partial charge is 0.312 e. The number of rotatable bonds is 4. The quantitative estimate of drug-likeness (QED) is 0.529. The molecule has 0 aromatic heterocycles. The Hall–Kier alpha value is -2.60. The molecule has 3 aromatic rings. The maximum atomic E-state index is 14.5. The lowest BCUT2D eigenvalue weighted by Gasteiger charge is -2.28. The second-order valence-electron chi connectivity index (χ2n) is 7.08. The fourth-order valence-corrected chi connectivity index (χ4v) is 3.98. The Kier molecular flexibility index (Phi) is 6.66. The zero-order valence-corrected chi connectivity index (χ0v) is 17.4. The van der Waals surface area contributed by atoms with Crippen LogP contribution in [-0.4, -0.2) is 17.1 Å². The number of ether oxygens (including phenoxy) is 1. The van der Waals surface area contributed by atoms with Crippen molar-refractivity contribution in [1.29, 1.82) is 0 Å².